The van der Waals surface area contributed by atoms with E-state index in [1.54, 1.807) is 6.92 Å². The van der Waals surface area contributed by atoms with Gasteiger partial charge < -0.3 is 14.8 Å². The van der Waals surface area contributed by atoms with Crippen molar-refractivity contribution in [2.45, 2.75) is 38.5 Å². The summed E-state index contributed by atoms with van der Waals surface area (Å²) in [5.41, 5.74) is 0.500. The number of hydrogen-bond donors (Lipinski definition) is 1. The molecule has 0 spiro atoms. The largest absolute Gasteiger partial charge is 0.482 e. The summed E-state index contributed by atoms with van der Waals surface area (Å²) >= 11 is 0. The molecule has 0 radical (unpaired) electrons. The Labute approximate surface area is 209 Å². The van der Waals surface area contributed by atoms with E-state index in [9.17, 15) is 32.9 Å². The van der Waals surface area contributed by atoms with Gasteiger partial charge in [0.2, 0.25) is 0 Å². The van der Waals surface area contributed by atoms with E-state index in [0.717, 1.165) is 12.1 Å². The number of carbonyl (C=O) groups is 2. The molecule has 1 N–H and O–H groups in total. The van der Waals surface area contributed by atoms with Crippen LogP contribution in [0.25, 0.3) is 0 Å². The Hall–Kier alpha value is -4.15. The number of esters is 1. The molecule has 0 amide bonds. The van der Waals surface area contributed by atoms with Gasteiger partial charge in [-0.1, -0.05) is 24.3 Å². The molecule has 0 saturated carbocycles. The molecule has 8 nitrogen and oxygen atoms in total. The van der Waals surface area contributed by atoms with E-state index in [-0.39, 0.29) is 35.7 Å². The molecule has 194 valence electrons. The standard InChI is InChI=1S/C26H23F3N2O6/c1-14-22(25(33)36-2)23(24-18(30-14)7-4-8-20(24)32)16-9-10-21(19(12-16)31(34)35)37-13-15-5-3-6-17(11-15)26(27,28)29/h3,5-7,9-12,23-24,30H,4,8,13H2,1-2H3. The van der Waals surface area contributed by atoms with Crippen LogP contribution in [0.5, 0.6) is 5.75 Å². The zero-order valence-electron chi connectivity index (χ0n) is 19.9. The molecule has 2 aromatic carbocycles. The van der Waals surface area contributed by atoms with Crippen molar-refractivity contribution < 1.29 is 37.2 Å². The van der Waals surface area contributed by atoms with Gasteiger partial charge >= 0.3 is 17.8 Å². The molecule has 4 rings (SSSR count). The first kappa shape index (κ1) is 25.9. The fourth-order valence-corrected chi connectivity index (χ4v) is 4.74. The third-order valence-corrected chi connectivity index (χ3v) is 6.41. The van der Waals surface area contributed by atoms with Gasteiger partial charge in [0, 0.05) is 29.8 Å². The van der Waals surface area contributed by atoms with Crippen LogP contribution in [0.3, 0.4) is 0 Å². The number of nitrogens with zero attached hydrogens (tertiary/aromatic N) is 1. The maximum absolute atomic E-state index is 13.0. The van der Waals surface area contributed by atoms with Crippen molar-refractivity contribution in [1.29, 1.82) is 0 Å². The Morgan fingerprint density at radius 3 is 2.62 bits per heavy atom. The molecule has 2 unspecified atom stereocenters. The molecule has 0 bridgehead atoms. The van der Waals surface area contributed by atoms with Gasteiger partial charge in [-0.3, -0.25) is 14.9 Å². The van der Waals surface area contributed by atoms with Crippen LogP contribution in [0.1, 0.15) is 42.4 Å². The van der Waals surface area contributed by atoms with E-state index in [1.807, 2.05) is 6.08 Å². The fourth-order valence-electron chi connectivity index (χ4n) is 4.74. The van der Waals surface area contributed by atoms with Gasteiger partial charge in [0.25, 0.3) is 0 Å². The number of benzene rings is 2. The van der Waals surface area contributed by atoms with Crippen molar-refractivity contribution in [1.82, 2.24) is 5.32 Å². The molecule has 2 aliphatic rings. The van der Waals surface area contributed by atoms with E-state index >= 15 is 0 Å². The maximum atomic E-state index is 13.0. The van der Waals surface area contributed by atoms with Crippen LogP contribution in [0.2, 0.25) is 0 Å². The van der Waals surface area contributed by atoms with Crippen molar-refractivity contribution >= 4 is 17.4 Å². The number of fused-ring (bicyclic) bond motifs is 1. The lowest BCUT2D eigenvalue weighted by molar-refractivity contribution is -0.386. The number of methoxy groups -OCH3 is 1. The van der Waals surface area contributed by atoms with Gasteiger partial charge in [0.05, 0.1) is 29.1 Å². The summed E-state index contributed by atoms with van der Waals surface area (Å²) in [5.74, 6) is -2.52. The average Bonchev–Trinajstić information content (AvgIpc) is 2.86. The Morgan fingerprint density at radius 2 is 1.95 bits per heavy atom. The number of Topliss-reactive ketones (excluding diaryl/α,β-unsaturated/α-hetero) is 1. The highest BCUT2D eigenvalue weighted by atomic mass is 19.4. The maximum Gasteiger partial charge on any atom is 0.416 e. The number of nitro benzene ring substituents is 1. The Kier molecular flexibility index (Phi) is 7.06. The number of ether oxygens (including phenoxy) is 2. The second-order valence-electron chi connectivity index (χ2n) is 8.75. The smallest absolute Gasteiger partial charge is 0.416 e. The molecule has 2 atom stereocenters. The molecular formula is C26H23F3N2O6. The van der Waals surface area contributed by atoms with Crippen molar-refractivity contribution in [2.24, 2.45) is 5.92 Å². The number of carbonyl (C=O) groups excluding carboxylic acids is 2. The van der Waals surface area contributed by atoms with Crippen LogP contribution < -0.4 is 10.1 Å². The van der Waals surface area contributed by atoms with Gasteiger partial charge in [-0.25, -0.2) is 4.79 Å². The number of nitrogens with one attached hydrogen (secondary N) is 1. The topological polar surface area (TPSA) is 108 Å². The highest BCUT2D eigenvalue weighted by Crippen LogP contribution is 2.45. The summed E-state index contributed by atoms with van der Waals surface area (Å²) in [4.78, 5) is 36.9. The molecule has 1 heterocycles. The minimum Gasteiger partial charge on any atom is -0.482 e. The van der Waals surface area contributed by atoms with Crippen LogP contribution >= 0.6 is 0 Å². The molecule has 1 aliphatic carbocycles. The first-order chi connectivity index (χ1) is 17.5. The molecule has 0 saturated heterocycles. The highest BCUT2D eigenvalue weighted by molar-refractivity contribution is 5.96. The molecule has 37 heavy (non-hydrogen) atoms. The van der Waals surface area contributed by atoms with Crippen molar-refractivity contribution in [2.75, 3.05) is 7.11 Å². The van der Waals surface area contributed by atoms with Crippen LogP contribution in [0.15, 0.2) is 65.5 Å². The second-order valence-corrected chi connectivity index (χ2v) is 8.75. The number of ketones is 1. The van der Waals surface area contributed by atoms with Gasteiger partial charge in [-0.2, -0.15) is 13.2 Å². The SMILES string of the molecule is COC(=O)C1=C(C)NC2=CCCC(=O)C2C1c1ccc(OCc2cccc(C(F)(F)F)c2)c([N+](=O)[O-])c1. The first-order valence-electron chi connectivity index (χ1n) is 11.4. The second kappa shape index (κ2) is 10.1. The number of hydrogen-bond acceptors (Lipinski definition) is 7. The summed E-state index contributed by atoms with van der Waals surface area (Å²) in [5, 5.41) is 15.0. The van der Waals surface area contributed by atoms with E-state index in [2.05, 4.69) is 5.32 Å². The predicted octanol–water partition coefficient (Wildman–Crippen LogP) is 5.19. The Morgan fingerprint density at radius 1 is 1.19 bits per heavy atom. The fraction of sp³-hybridized carbons (Fsp3) is 0.308. The van der Waals surface area contributed by atoms with Crippen LogP contribution in [-0.4, -0.2) is 23.8 Å². The van der Waals surface area contributed by atoms with Gasteiger partial charge in [-0.05, 0) is 42.7 Å². The van der Waals surface area contributed by atoms with Crippen molar-refractivity contribution in [3.05, 3.63) is 92.3 Å². The van der Waals surface area contributed by atoms with Gasteiger partial charge in [0.15, 0.2) is 5.75 Å². The minimum atomic E-state index is -4.54. The van der Waals surface area contributed by atoms with E-state index in [0.29, 0.717) is 23.4 Å². The average molecular weight is 516 g/mol. The molecule has 0 aromatic heterocycles. The first-order valence-corrected chi connectivity index (χ1v) is 11.4. The predicted molar refractivity (Wildman–Crippen MR) is 125 cm³/mol. The number of allylic oxidation sites excluding steroid dienone is 3. The zero-order chi connectivity index (χ0) is 26.9. The van der Waals surface area contributed by atoms with E-state index in [4.69, 9.17) is 9.47 Å². The zero-order valence-corrected chi connectivity index (χ0v) is 19.9. The number of rotatable bonds is 6. The molecule has 0 fully saturated rings. The van der Waals surface area contributed by atoms with Crippen molar-refractivity contribution in [3.63, 3.8) is 0 Å². The van der Waals surface area contributed by atoms with Crippen molar-refractivity contribution in [3.8, 4) is 5.75 Å². The van der Waals surface area contributed by atoms with Crippen LogP contribution in [-0.2, 0) is 27.1 Å². The molecular weight excluding hydrogens is 493 g/mol. The Bertz CT molecular complexity index is 1330. The van der Waals surface area contributed by atoms with Gasteiger partial charge in [0.1, 0.15) is 12.4 Å². The van der Waals surface area contributed by atoms with Gasteiger partial charge in [-0.15, -0.1) is 0 Å². The normalized spacial score (nSPS) is 19.5. The summed E-state index contributed by atoms with van der Waals surface area (Å²) in [6.45, 7) is 1.33. The summed E-state index contributed by atoms with van der Waals surface area (Å²) < 4.78 is 49.5. The van der Waals surface area contributed by atoms with Crippen LogP contribution in [0, 0.1) is 16.0 Å². The highest BCUT2D eigenvalue weighted by Gasteiger charge is 2.43. The summed E-state index contributed by atoms with van der Waals surface area (Å²) in [6.07, 6.45) is -1.86. The summed E-state index contributed by atoms with van der Waals surface area (Å²) in [7, 11) is 1.21. The lowest BCUT2D eigenvalue weighted by atomic mass is 9.71. The molecule has 2 aromatic rings. The van der Waals surface area contributed by atoms with E-state index < -0.39 is 40.2 Å². The third kappa shape index (κ3) is 5.20. The molecule has 1 aliphatic heterocycles. The Balaban J connectivity index is 1.72. The third-order valence-electron chi connectivity index (χ3n) is 6.41. The molecule has 11 heteroatoms. The minimum absolute atomic E-state index is 0.114. The van der Waals surface area contributed by atoms with E-state index in [1.165, 1.54) is 37.4 Å². The number of halogens is 3. The lowest BCUT2D eigenvalue weighted by Crippen LogP contribution is -2.40. The monoisotopic (exact) mass is 516 g/mol. The lowest BCUT2D eigenvalue weighted by Gasteiger charge is -2.37. The number of nitro groups is 1. The summed E-state index contributed by atoms with van der Waals surface area (Å²) in [6, 6.07) is 8.55. The van der Waals surface area contributed by atoms with Crippen LogP contribution in [0.4, 0.5) is 18.9 Å². The quantitative estimate of drug-likeness (QED) is 0.320. The number of alkyl halides is 3.